The predicted octanol–water partition coefficient (Wildman–Crippen LogP) is 4.10. The number of benzene rings is 1. The Morgan fingerprint density at radius 3 is 2.65 bits per heavy atom. The van der Waals surface area contributed by atoms with Crippen LogP contribution in [0, 0.1) is 11.6 Å². The van der Waals surface area contributed by atoms with Gasteiger partial charge in [0.05, 0.1) is 11.4 Å². The minimum absolute atomic E-state index is 0.00714. The molecule has 7 heteroatoms. The van der Waals surface area contributed by atoms with Gasteiger partial charge in [-0.15, -0.1) is 0 Å². The zero-order valence-electron chi connectivity index (χ0n) is 12.0. The first-order chi connectivity index (χ1) is 10.9. The van der Waals surface area contributed by atoms with Crippen LogP contribution in [-0.4, -0.2) is 17.5 Å². The lowest BCUT2D eigenvalue weighted by Crippen LogP contribution is -2.31. The first kappa shape index (κ1) is 15.7. The number of hydrogen-bond acceptors (Lipinski definition) is 3. The third-order valence-electron chi connectivity index (χ3n) is 3.81. The van der Waals surface area contributed by atoms with Gasteiger partial charge in [0.25, 0.3) is 5.92 Å². The summed E-state index contributed by atoms with van der Waals surface area (Å²) in [5.41, 5.74) is 6.63. The van der Waals surface area contributed by atoms with Crippen molar-refractivity contribution < 1.29 is 22.3 Å². The Bertz CT molecular complexity index is 726. The van der Waals surface area contributed by atoms with Crippen molar-refractivity contribution >= 4 is 5.69 Å². The number of nitrogens with two attached hydrogens (primary N) is 1. The van der Waals surface area contributed by atoms with E-state index in [9.17, 15) is 17.6 Å². The lowest BCUT2D eigenvalue weighted by Gasteiger charge is -2.29. The summed E-state index contributed by atoms with van der Waals surface area (Å²) in [7, 11) is 0. The monoisotopic (exact) mass is 326 g/mol. The molecule has 1 aromatic heterocycles. The molecule has 0 spiro atoms. The largest absolute Gasteiger partial charge is 0.397 e. The van der Waals surface area contributed by atoms with Crippen LogP contribution in [0.2, 0.25) is 0 Å². The molecule has 0 amide bonds. The third-order valence-corrected chi connectivity index (χ3v) is 3.81. The van der Waals surface area contributed by atoms with Gasteiger partial charge in [0.1, 0.15) is 24.3 Å². The van der Waals surface area contributed by atoms with Crippen LogP contribution >= 0.6 is 0 Å². The Labute approximate surface area is 130 Å². The molecule has 23 heavy (non-hydrogen) atoms. The van der Waals surface area contributed by atoms with Gasteiger partial charge in [0.15, 0.2) is 0 Å². The summed E-state index contributed by atoms with van der Waals surface area (Å²) in [6.45, 7) is -0.711. The van der Waals surface area contributed by atoms with E-state index < -0.39 is 30.3 Å². The minimum Gasteiger partial charge on any atom is -0.397 e. The molecule has 1 aliphatic heterocycles. The Morgan fingerprint density at radius 2 is 1.96 bits per heavy atom. The van der Waals surface area contributed by atoms with Crippen molar-refractivity contribution in [2.24, 2.45) is 0 Å². The molecule has 1 unspecified atom stereocenters. The van der Waals surface area contributed by atoms with E-state index in [1.54, 1.807) is 0 Å². The van der Waals surface area contributed by atoms with Gasteiger partial charge in [0, 0.05) is 23.7 Å². The summed E-state index contributed by atoms with van der Waals surface area (Å²) in [4.78, 5) is 4.08. The Balaban J connectivity index is 1.98. The molecule has 1 fully saturated rings. The number of hydrogen-bond donors (Lipinski definition) is 1. The fourth-order valence-electron chi connectivity index (χ4n) is 2.62. The van der Waals surface area contributed by atoms with Crippen molar-refractivity contribution in [2.75, 3.05) is 12.3 Å². The van der Waals surface area contributed by atoms with E-state index in [1.165, 1.54) is 12.3 Å². The smallest absolute Gasteiger partial charge is 0.271 e. The minimum atomic E-state index is -2.86. The van der Waals surface area contributed by atoms with Gasteiger partial charge in [-0.25, -0.2) is 17.6 Å². The lowest BCUT2D eigenvalue weighted by atomic mass is 9.98. The second kappa shape index (κ2) is 5.81. The second-order valence-electron chi connectivity index (χ2n) is 5.48. The van der Waals surface area contributed by atoms with Gasteiger partial charge in [-0.1, -0.05) is 0 Å². The SMILES string of the molecule is Nc1c(-c2cc(F)ccc2F)ccnc1C1CCC(F)(F)CO1. The lowest BCUT2D eigenvalue weighted by molar-refractivity contribution is -0.146. The van der Waals surface area contributed by atoms with E-state index in [-0.39, 0.29) is 35.3 Å². The van der Waals surface area contributed by atoms with Gasteiger partial charge in [-0.05, 0) is 30.7 Å². The van der Waals surface area contributed by atoms with Crippen molar-refractivity contribution in [3.8, 4) is 11.1 Å². The highest BCUT2D eigenvalue weighted by molar-refractivity contribution is 5.78. The van der Waals surface area contributed by atoms with Gasteiger partial charge >= 0.3 is 0 Å². The summed E-state index contributed by atoms with van der Waals surface area (Å²) in [6.07, 6.45) is 0.407. The van der Waals surface area contributed by atoms with Gasteiger partial charge in [-0.2, -0.15) is 0 Å². The number of nitrogen functional groups attached to an aromatic ring is 1. The number of alkyl halides is 2. The molecule has 1 aliphatic rings. The number of ether oxygens (including phenoxy) is 1. The highest BCUT2D eigenvalue weighted by atomic mass is 19.3. The van der Waals surface area contributed by atoms with Gasteiger partial charge in [0.2, 0.25) is 0 Å². The Hall–Kier alpha value is -2.15. The normalized spacial score (nSPS) is 20.4. The van der Waals surface area contributed by atoms with Crippen molar-refractivity contribution in [2.45, 2.75) is 24.9 Å². The molecule has 2 aromatic rings. The van der Waals surface area contributed by atoms with Crippen molar-refractivity contribution in [1.82, 2.24) is 4.98 Å². The van der Waals surface area contributed by atoms with E-state index >= 15 is 0 Å². The van der Waals surface area contributed by atoms with E-state index in [2.05, 4.69) is 4.98 Å². The molecule has 3 rings (SSSR count). The molecule has 3 nitrogen and oxygen atoms in total. The molecule has 0 radical (unpaired) electrons. The van der Waals surface area contributed by atoms with Crippen LogP contribution in [0.1, 0.15) is 24.6 Å². The average molecular weight is 326 g/mol. The number of anilines is 1. The van der Waals surface area contributed by atoms with Crippen molar-refractivity contribution in [1.29, 1.82) is 0 Å². The van der Waals surface area contributed by atoms with Crippen LogP contribution < -0.4 is 5.73 Å². The van der Waals surface area contributed by atoms with E-state index in [4.69, 9.17) is 10.5 Å². The molecule has 1 saturated heterocycles. The molecule has 0 aliphatic carbocycles. The maximum absolute atomic E-state index is 13.9. The highest BCUT2D eigenvalue weighted by Gasteiger charge is 2.37. The molecule has 1 aromatic carbocycles. The second-order valence-corrected chi connectivity index (χ2v) is 5.48. The first-order valence-electron chi connectivity index (χ1n) is 7.06. The summed E-state index contributed by atoms with van der Waals surface area (Å²) in [5.74, 6) is -4.10. The van der Waals surface area contributed by atoms with E-state index in [0.29, 0.717) is 0 Å². The molecule has 1 atom stereocenters. The number of rotatable bonds is 2. The van der Waals surface area contributed by atoms with Crippen molar-refractivity contribution in [3.05, 3.63) is 47.8 Å². The zero-order valence-corrected chi connectivity index (χ0v) is 12.0. The van der Waals surface area contributed by atoms with Crippen LogP contribution in [0.5, 0.6) is 0 Å². The Kier molecular flexibility index (Phi) is 3.97. The van der Waals surface area contributed by atoms with Crippen LogP contribution in [0.4, 0.5) is 23.2 Å². The molecule has 0 bridgehead atoms. The van der Waals surface area contributed by atoms with Crippen molar-refractivity contribution in [3.63, 3.8) is 0 Å². The molecule has 122 valence electrons. The summed E-state index contributed by atoms with van der Waals surface area (Å²) in [5, 5.41) is 0. The molecule has 2 N–H and O–H groups in total. The Morgan fingerprint density at radius 1 is 1.17 bits per heavy atom. The van der Waals surface area contributed by atoms with Crippen LogP contribution in [0.15, 0.2) is 30.5 Å². The molecular formula is C16H14F4N2O. The van der Waals surface area contributed by atoms with Crippen LogP contribution in [0.25, 0.3) is 11.1 Å². The fraction of sp³-hybridized carbons (Fsp3) is 0.312. The summed E-state index contributed by atoms with van der Waals surface area (Å²) >= 11 is 0. The van der Waals surface area contributed by atoms with Crippen LogP contribution in [0.3, 0.4) is 0 Å². The van der Waals surface area contributed by atoms with E-state index in [0.717, 1.165) is 18.2 Å². The van der Waals surface area contributed by atoms with E-state index in [1.807, 2.05) is 0 Å². The highest BCUT2D eigenvalue weighted by Crippen LogP contribution is 2.39. The summed E-state index contributed by atoms with van der Waals surface area (Å²) in [6, 6.07) is 4.49. The van der Waals surface area contributed by atoms with Gasteiger partial charge < -0.3 is 10.5 Å². The fourth-order valence-corrected chi connectivity index (χ4v) is 2.62. The van der Waals surface area contributed by atoms with Gasteiger partial charge in [-0.3, -0.25) is 4.98 Å². The number of nitrogens with zero attached hydrogens (tertiary/aromatic N) is 1. The standard InChI is InChI=1S/C16H14F4N2O/c17-9-1-2-12(18)11(7-9)10-4-6-22-15(14(10)21)13-3-5-16(19,20)8-23-13/h1-2,4,6-7,13H,3,5,8,21H2. The predicted molar refractivity (Wildman–Crippen MR) is 76.9 cm³/mol. The molecule has 2 heterocycles. The number of pyridine rings is 1. The maximum atomic E-state index is 13.9. The molecular weight excluding hydrogens is 312 g/mol. The third kappa shape index (κ3) is 3.14. The molecule has 0 saturated carbocycles. The first-order valence-corrected chi connectivity index (χ1v) is 7.06. The average Bonchev–Trinajstić information content (AvgIpc) is 2.51. The van der Waals surface area contributed by atoms with Crippen LogP contribution in [-0.2, 0) is 4.74 Å². The number of halogens is 4. The topological polar surface area (TPSA) is 48.1 Å². The summed E-state index contributed by atoms with van der Waals surface area (Å²) < 4.78 is 58.8. The zero-order chi connectivity index (χ0) is 16.6. The maximum Gasteiger partial charge on any atom is 0.271 e. The number of aromatic nitrogens is 1. The quantitative estimate of drug-likeness (QED) is 0.846.